The van der Waals surface area contributed by atoms with Crippen LogP contribution < -0.4 is 0 Å². The maximum atomic E-state index is 6.02. The molecule has 18 heavy (non-hydrogen) atoms. The van der Waals surface area contributed by atoms with Gasteiger partial charge in [0.15, 0.2) is 0 Å². The lowest BCUT2D eigenvalue weighted by molar-refractivity contribution is -0.112. The molecule has 0 amide bonds. The Kier molecular flexibility index (Phi) is 5.42. The summed E-state index contributed by atoms with van der Waals surface area (Å²) < 4.78 is 11.5. The van der Waals surface area contributed by atoms with Crippen LogP contribution in [0.1, 0.15) is 36.9 Å². The van der Waals surface area contributed by atoms with E-state index in [0.29, 0.717) is 5.88 Å². The SMILES string of the molecule is CCOC1(c2nc(CCCCl)cs2)CCOCC1. The van der Waals surface area contributed by atoms with Crippen LogP contribution in [0, 0.1) is 0 Å². The molecule has 0 bridgehead atoms. The second-order valence-electron chi connectivity index (χ2n) is 4.48. The van der Waals surface area contributed by atoms with Crippen LogP contribution in [0.25, 0.3) is 0 Å². The largest absolute Gasteiger partial charge is 0.381 e. The van der Waals surface area contributed by atoms with Gasteiger partial charge in [0.05, 0.1) is 5.69 Å². The molecule has 1 aromatic rings. The summed E-state index contributed by atoms with van der Waals surface area (Å²) in [5, 5.41) is 3.25. The first-order valence-electron chi connectivity index (χ1n) is 6.53. The number of rotatable bonds is 6. The van der Waals surface area contributed by atoms with Crippen LogP contribution in [0.15, 0.2) is 5.38 Å². The first-order valence-corrected chi connectivity index (χ1v) is 7.95. The standard InChI is InChI=1S/C13H20ClNO2S/c1-2-17-13(5-8-16-9-6-13)12-15-11(10-18-12)4-3-7-14/h10H,2-9H2,1H3. The molecule has 0 atom stereocenters. The number of nitrogens with zero attached hydrogens (tertiary/aromatic N) is 1. The highest BCUT2D eigenvalue weighted by Crippen LogP contribution is 2.37. The summed E-state index contributed by atoms with van der Waals surface area (Å²) in [5.41, 5.74) is 0.929. The molecule has 5 heteroatoms. The van der Waals surface area contributed by atoms with Gasteiger partial charge in [-0.1, -0.05) is 0 Å². The Balaban J connectivity index is 2.12. The molecule has 0 radical (unpaired) electrons. The lowest BCUT2D eigenvalue weighted by Crippen LogP contribution is -2.36. The van der Waals surface area contributed by atoms with E-state index in [9.17, 15) is 0 Å². The lowest BCUT2D eigenvalue weighted by atomic mass is 9.95. The minimum atomic E-state index is -0.211. The van der Waals surface area contributed by atoms with Crippen molar-refractivity contribution >= 4 is 22.9 Å². The molecule has 0 N–H and O–H groups in total. The number of halogens is 1. The quantitative estimate of drug-likeness (QED) is 0.753. The van der Waals surface area contributed by atoms with Crippen molar-refractivity contribution < 1.29 is 9.47 Å². The van der Waals surface area contributed by atoms with Gasteiger partial charge in [0, 0.05) is 43.9 Å². The number of hydrogen-bond donors (Lipinski definition) is 0. The summed E-state index contributed by atoms with van der Waals surface area (Å²) in [6.45, 7) is 4.28. The molecule has 102 valence electrons. The van der Waals surface area contributed by atoms with E-state index in [2.05, 4.69) is 5.38 Å². The van der Waals surface area contributed by atoms with Crippen molar-refractivity contribution in [1.82, 2.24) is 4.98 Å². The number of alkyl halides is 1. The molecule has 2 heterocycles. The fourth-order valence-corrected chi connectivity index (χ4v) is 3.48. The normalized spacial score (nSPS) is 19.0. The molecule has 1 saturated heterocycles. The van der Waals surface area contributed by atoms with Crippen molar-refractivity contribution in [2.24, 2.45) is 0 Å². The van der Waals surface area contributed by atoms with Crippen LogP contribution >= 0.6 is 22.9 Å². The first-order chi connectivity index (χ1) is 8.80. The number of thiazole rings is 1. The van der Waals surface area contributed by atoms with Gasteiger partial charge in [-0.2, -0.15) is 0 Å². The second-order valence-corrected chi connectivity index (χ2v) is 5.71. The predicted octanol–water partition coefficient (Wildman–Crippen LogP) is 3.36. The average molecular weight is 290 g/mol. The minimum Gasteiger partial charge on any atom is -0.381 e. The van der Waals surface area contributed by atoms with Gasteiger partial charge in [-0.25, -0.2) is 4.98 Å². The first kappa shape index (κ1) is 14.3. The Morgan fingerprint density at radius 1 is 1.50 bits per heavy atom. The van der Waals surface area contributed by atoms with Gasteiger partial charge in [-0.15, -0.1) is 22.9 Å². The summed E-state index contributed by atoms with van der Waals surface area (Å²) in [6.07, 6.45) is 3.75. The molecule has 3 nitrogen and oxygen atoms in total. The van der Waals surface area contributed by atoms with E-state index in [0.717, 1.165) is 56.2 Å². The molecule has 1 fully saturated rings. The topological polar surface area (TPSA) is 31.4 Å². The van der Waals surface area contributed by atoms with E-state index in [4.69, 9.17) is 26.1 Å². The number of aromatic nitrogens is 1. The van der Waals surface area contributed by atoms with E-state index in [1.807, 2.05) is 6.92 Å². The average Bonchev–Trinajstić information content (AvgIpc) is 2.87. The van der Waals surface area contributed by atoms with Crippen LogP contribution in [-0.4, -0.2) is 30.7 Å². The summed E-state index contributed by atoms with van der Waals surface area (Å²) in [7, 11) is 0. The van der Waals surface area contributed by atoms with Crippen molar-refractivity contribution in [1.29, 1.82) is 0 Å². The van der Waals surface area contributed by atoms with E-state index < -0.39 is 0 Å². The van der Waals surface area contributed by atoms with E-state index >= 15 is 0 Å². The Hall–Kier alpha value is -0.160. The molecule has 0 unspecified atom stereocenters. The fraction of sp³-hybridized carbons (Fsp3) is 0.769. The Morgan fingerprint density at radius 3 is 2.94 bits per heavy atom. The van der Waals surface area contributed by atoms with Gasteiger partial charge in [0.25, 0.3) is 0 Å². The van der Waals surface area contributed by atoms with Crippen molar-refractivity contribution in [3.05, 3.63) is 16.1 Å². The Bertz CT molecular complexity index is 358. The molecule has 0 aromatic carbocycles. The molecular formula is C13H20ClNO2S. The molecule has 0 spiro atoms. The molecule has 1 aliphatic rings. The van der Waals surface area contributed by atoms with Crippen molar-refractivity contribution in [2.75, 3.05) is 25.7 Å². The zero-order valence-corrected chi connectivity index (χ0v) is 12.4. The molecule has 0 aliphatic carbocycles. The van der Waals surface area contributed by atoms with Gasteiger partial charge in [-0.3, -0.25) is 0 Å². The highest BCUT2D eigenvalue weighted by atomic mass is 35.5. The maximum Gasteiger partial charge on any atom is 0.125 e. The number of hydrogen-bond acceptors (Lipinski definition) is 4. The van der Waals surface area contributed by atoms with Gasteiger partial charge >= 0.3 is 0 Å². The molecule has 1 aliphatic heterocycles. The van der Waals surface area contributed by atoms with Crippen LogP contribution in [0.3, 0.4) is 0 Å². The van der Waals surface area contributed by atoms with E-state index in [-0.39, 0.29) is 5.60 Å². The molecule has 0 saturated carbocycles. The third kappa shape index (κ3) is 3.23. The zero-order chi connectivity index (χ0) is 12.8. The van der Waals surface area contributed by atoms with Crippen LogP contribution in [0.4, 0.5) is 0 Å². The molecular weight excluding hydrogens is 270 g/mol. The third-order valence-corrected chi connectivity index (χ3v) is 4.57. The van der Waals surface area contributed by atoms with Crippen molar-refractivity contribution in [3.8, 4) is 0 Å². The number of ether oxygens (including phenoxy) is 2. The third-order valence-electron chi connectivity index (χ3n) is 3.23. The summed E-state index contributed by atoms with van der Waals surface area (Å²) in [6, 6.07) is 0. The van der Waals surface area contributed by atoms with Crippen LogP contribution in [-0.2, 0) is 21.5 Å². The summed E-state index contributed by atoms with van der Waals surface area (Å²) >= 11 is 7.43. The lowest BCUT2D eigenvalue weighted by Gasteiger charge is -2.35. The smallest absolute Gasteiger partial charge is 0.125 e. The fourth-order valence-electron chi connectivity index (χ4n) is 2.28. The molecule has 2 rings (SSSR count). The second kappa shape index (κ2) is 6.85. The number of aryl methyl sites for hydroxylation is 1. The molecule has 1 aromatic heterocycles. The van der Waals surface area contributed by atoms with Gasteiger partial charge in [0.1, 0.15) is 10.6 Å². The Morgan fingerprint density at radius 2 is 2.28 bits per heavy atom. The van der Waals surface area contributed by atoms with Gasteiger partial charge in [-0.05, 0) is 19.8 Å². The van der Waals surface area contributed by atoms with Crippen LogP contribution in [0.5, 0.6) is 0 Å². The van der Waals surface area contributed by atoms with Gasteiger partial charge < -0.3 is 9.47 Å². The minimum absolute atomic E-state index is 0.211. The van der Waals surface area contributed by atoms with Crippen molar-refractivity contribution in [2.45, 2.75) is 38.2 Å². The highest BCUT2D eigenvalue weighted by molar-refractivity contribution is 7.09. The predicted molar refractivity (Wildman–Crippen MR) is 74.5 cm³/mol. The Labute approximate surface area is 117 Å². The van der Waals surface area contributed by atoms with Crippen molar-refractivity contribution in [3.63, 3.8) is 0 Å². The van der Waals surface area contributed by atoms with E-state index in [1.165, 1.54) is 0 Å². The maximum absolute atomic E-state index is 6.02. The van der Waals surface area contributed by atoms with Gasteiger partial charge in [0.2, 0.25) is 0 Å². The highest BCUT2D eigenvalue weighted by Gasteiger charge is 2.37. The summed E-state index contributed by atoms with van der Waals surface area (Å²) in [4.78, 5) is 4.74. The van der Waals surface area contributed by atoms with Crippen LogP contribution in [0.2, 0.25) is 0 Å². The zero-order valence-electron chi connectivity index (χ0n) is 10.8. The van der Waals surface area contributed by atoms with E-state index in [1.54, 1.807) is 11.3 Å². The summed E-state index contributed by atoms with van der Waals surface area (Å²) in [5.74, 6) is 0.692. The monoisotopic (exact) mass is 289 g/mol.